The number of carbonyl (C=O) groups is 1. The predicted octanol–water partition coefficient (Wildman–Crippen LogP) is 5.18. The highest BCUT2D eigenvalue weighted by molar-refractivity contribution is 5.94. The molecule has 220 valence electrons. The zero-order chi connectivity index (χ0) is 29.7. The monoisotopic (exact) mass is 553 g/mol. The molecule has 0 saturated carbocycles. The molecular formula is C32H47N3O5. The number of methoxy groups -OCH3 is 2. The summed E-state index contributed by atoms with van der Waals surface area (Å²) in [7, 11) is 3.30. The predicted molar refractivity (Wildman–Crippen MR) is 158 cm³/mol. The molecule has 1 amide bonds. The SMILES string of the molecule is COCCCOc1cc(CC(CC(N)C(O)CC(C(=O)Nc2ccccc2C#N)C(C)C)C(C)C)ccc1OC. The van der Waals surface area contributed by atoms with E-state index in [0.29, 0.717) is 48.3 Å². The van der Waals surface area contributed by atoms with E-state index in [4.69, 9.17) is 19.9 Å². The Morgan fingerprint density at radius 3 is 2.38 bits per heavy atom. The zero-order valence-electron chi connectivity index (χ0n) is 24.9. The van der Waals surface area contributed by atoms with Gasteiger partial charge in [0, 0.05) is 32.1 Å². The number of anilines is 1. The minimum Gasteiger partial charge on any atom is -0.493 e. The van der Waals surface area contributed by atoms with E-state index in [-0.39, 0.29) is 24.2 Å². The molecule has 4 N–H and O–H groups in total. The Hall–Kier alpha value is -3.12. The van der Waals surface area contributed by atoms with Gasteiger partial charge in [0.2, 0.25) is 5.91 Å². The third-order valence-electron chi connectivity index (χ3n) is 7.43. The average Bonchev–Trinajstić information content (AvgIpc) is 2.93. The molecule has 0 spiro atoms. The number of nitrogens with zero attached hydrogens (tertiary/aromatic N) is 1. The van der Waals surface area contributed by atoms with Gasteiger partial charge in [-0.2, -0.15) is 5.26 Å². The van der Waals surface area contributed by atoms with Crippen LogP contribution in [0.15, 0.2) is 42.5 Å². The van der Waals surface area contributed by atoms with Gasteiger partial charge in [-0.05, 0) is 66.8 Å². The summed E-state index contributed by atoms with van der Waals surface area (Å²) in [6, 6.07) is 14.5. The van der Waals surface area contributed by atoms with E-state index in [1.54, 1.807) is 38.5 Å². The number of ether oxygens (including phenoxy) is 3. The molecule has 2 aromatic rings. The maximum atomic E-state index is 13.1. The molecule has 8 nitrogen and oxygen atoms in total. The molecular weight excluding hydrogens is 506 g/mol. The van der Waals surface area contributed by atoms with Crippen molar-refractivity contribution in [1.29, 1.82) is 5.26 Å². The van der Waals surface area contributed by atoms with Crippen LogP contribution >= 0.6 is 0 Å². The summed E-state index contributed by atoms with van der Waals surface area (Å²) in [5.74, 6) is 1.24. The lowest BCUT2D eigenvalue weighted by atomic mass is 9.80. The third-order valence-corrected chi connectivity index (χ3v) is 7.43. The van der Waals surface area contributed by atoms with E-state index in [2.05, 4.69) is 25.2 Å². The summed E-state index contributed by atoms with van der Waals surface area (Å²) in [6.45, 7) is 9.39. The van der Waals surface area contributed by atoms with E-state index in [0.717, 1.165) is 18.4 Å². The minimum absolute atomic E-state index is 0.0152. The first-order chi connectivity index (χ1) is 19.1. The van der Waals surface area contributed by atoms with Gasteiger partial charge in [0.25, 0.3) is 0 Å². The smallest absolute Gasteiger partial charge is 0.227 e. The lowest BCUT2D eigenvalue weighted by Crippen LogP contribution is -2.41. The fourth-order valence-corrected chi connectivity index (χ4v) is 4.78. The molecule has 2 rings (SSSR count). The number of benzene rings is 2. The molecule has 8 heteroatoms. The molecule has 0 radical (unpaired) electrons. The first-order valence-corrected chi connectivity index (χ1v) is 14.1. The maximum absolute atomic E-state index is 13.1. The van der Waals surface area contributed by atoms with E-state index < -0.39 is 18.1 Å². The second-order valence-corrected chi connectivity index (χ2v) is 11.1. The van der Waals surface area contributed by atoms with Gasteiger partial charge in [-0.3, -0.25) is 4.79 Å². The normalized spacial score (nSPS) is 14.3. The van der Waals surface area contributed by atoms with Crippen molar-refractivity contribution in [1.82, 2.24) is 0 Å². The molecule has 0 bridgehead atoms. The van der Waals surface area contributed by atoms with E-state index in [9.17, 15) is 15.2 Å². The van der Waals surface area contributed by atoms with Gasteiger partial charge < -0.3 is 30.4 Å². The van der Waals surface area contributed by atoms with Crippen molar-refractivity contribution in [2.75, 3.05) is 32.8 Å². The summed E-state index contributed by atoms with van der Waals surface area (Å²) in [6.07, 6.45) is 1.56. The lowest BCUT2D eigenvalue weighted by molar-refractivity contribution is -0.122. The highest BCUT2D eigenvalue weighted by Gasteiger charge is 2.30. The molecule has 0 heterocycles. The molecule has 4 atom stereocenters. The quantitative estimate of drug-likeness (QED) is 0.231. The van der Waals surface area contributed by atoms with Crippen molar-refractivity contribution >= 4 is 11.6 Å². The summed E-state index contributed by atoms with van der Waals surface area (Å²) < 4.78 is 16.5. The standard InChI is InChI=1S/C32H47N3O5/c1-21(2)25(16-23-12-13-30(39-6)31(17-23)40-15-9-14-38-5)18-27(34)29(36)19-26(22(3)4)32(37)35-28-11-8-7-10-24(28)20-33/h7-8,10-13,17,21-22,25-27,29,36H,9,14-16,18-19,34H2,1-6H3,(H,35,37). The fraction of sp³-hybridized carbons (Fsp3) is 0.562. The van der Waals surface area contributed by atoms with Crippen LogP contribution in [0.2, 0.25) is 0 Å². The molecule has 40 heavy (non-hydrogen) atoms. The Labute approximate surface area is 239 Å². The van der Waals surface area contributed by atoms with Gasteiger partial charge in [0.1, 0.15) is 6.07 Å². The van der Waals surface area contributed by atoms with Gasteiger partial charge in [-0.25, -0.2) is 0 Å². The Morgan fingerprint density at radius 1 is 1.02 bits per heavy atom. The number of nitrogens with two attached hydrogens (primary N) is 1. The Bertz CT molecular complexity index is 1100. The van der Waals surface area contributed by atoms with Crippen LogP contribution in [0, 0.1) is 35.0 Å². The van der Waals surface area contributed by atoms with E-state index in [1.165, 1.54) is 0 Å². The summed E-state index contributed by atoms with van der Waals surface area (Å²) in [4.78, 5) is 13.1. The van der Waals surface area contributed by atoms with Gasteiger partial charge in [0.05, 0.1) is 31.1 Å². The third kappa shape index (κ3) is 10.1. The number of aliphatic hydroxyl groups excluding tert-OH is 1. The van der Waals surface area contributed by atoms with Crippen LogP contribution in [0.4, 0.5) is 5.69 Å². The molecule has 2 aromatic carbocycles. The number of carbonyl (C=O) groups excluding carboxylic acids is 1. The van der Waals surface area contributed by atoms with E-state index in [1.807, 2.05) is 32.0 Å². The Morgan fingerprint density at radius 2 is 1.75 bits per heavy atom. The summed E-state index contributed by atoms with van der Waals surface area (Å²) in [5.41, 5.74) is 8.53. The average molecular weight is 554 g/mol. The molecule has 0 aliphatic carbocycles. The zero-order valence-corrected chi connectivity index (χ0v) is 24.9. The van der Waals surface area contributed by atoms with Crippen molar-refractivity contribution < 1.29 is 24.1 Å². The molecule has 0 aliphatic heterocycles. The number of nitriles is 1. The largest absolute Gasteiger partial charge is 0.493 e. The fourth-order valence-electron chi connectivity index (χ4n) is 4.78. The number of amides is 1. The molecule has 0 fully saturated rings. The van der Waals surface area contributed by atoms with Crippen molar-refractivity contribution in [2.45, 2.75) is 65.5 Å². The molecule has 0 saturated heterocycles. The summed E-state index contributed by atoms with van der Waals surface area (Å²) >= 11 is 0. The van der Waals surface area contributed by atoms with Crippen molar-refractivity contribution in [3.63, 3.8) is 0 Å². The van der Waals surface area contributed by atoms with Crippen LogP contribution < -0.4 is 20.5 Å². The number of aliphatic hydroxyl groups is 1. The van der Waals surface area contributed by atoms with Crippen LogP contribution in [0.1, 0.15) is 58.1 Å². The molecule has 0 aliphatic rings. The van der Waals surface area contributed by atoms with Crippen LogP contribution in [-0.4, -0.2) is 50.6 Å². The number of hydrogen-bond donors (Lipinski definition) is 3. The number of nitrogens with one attached hydrogen (secondary N) is 1. The highest BCUT2D eigenvalue weighted by Crippen LogP contribution is 2.32. The Balaban J connectivity index is 2.07. The van der Waals surface area contributed by atoms with Crippen LogP contribution in [0.25, 0.3) is 0 Å². The first-order valence-electron chi connectivity index (χ1n) is 14.1. The van der Waals surface area contributed by atoms with Crippen molar-refractivity contribution in [2.24, 2.45) is 29.4 Å². The highest BCUT2D eigenvalue weighted by atomic mass is 16.5. The van der Waals surface area contributed by atoms with Gasteiger partial charge >= 0.3 is 0 Å². The minimum atomic E-state index is -0.846. The van der Waals surface area contributed by atoms with Gasteiger partial charge in [-0.15, -0.1) is 0 Å². The maximum Gasteiger partial charge on any atom is 0.227 e. The van der Waals surface area contributed by atoms with Crippen LogP contribution in [0.3, 0.4) is 0 Å². The number of para-hydroxylation sites is 1. The molecule has 0 aromatic heterocycles. The summed E-state index contributed by atoms with van der Waals surface area (Å²) in [5, 5.41) is 23.3. The van der Waals surface area contributed by atoms with Crippen molar-refractivity contribution in [3.8, 4) is 17.6 Å². The van der Waals surface area contributed by atoms with Crippen LogP contribution in [-0.2, 0) is 16.0 Å². The topological polar surface area (TPSA) is 127 Å². The van der Waals surface area contributed by atoms with E-state index >= 15 is 0 Å². The van der Waals surface area contributed by atoms with Gasteiger partial charge in [0.15, 0.2) is 11.5 Å². The van der Waals surface area contributed by atoms with Crippen LogP contribution in [0.5, 0.6) is 11.5 Å². The second-order valence-electron chi connectivity index (χ2n) is 11.1. The lowest BCUT2D eigenvalue weighted by Gasteiger charge is -2.30. The number of hydrogen-bond acceptors (Lipinski definition) is 7. The second kappa shape index (κ2) is 16.9. The Kier molecular flexibility index (Phi) is 13.9. The molecule has 4 unspecified atom stereocenters. The first kappa shape index (κ1) is 33.1. The van der Waals surface area contributed by atoms with Gasteiger partial charge in [-0.1, -0.05) is 45.9 Å². The van der Waals surface area contributed by atoms with Crippen molar-refractivity contribution in [3.05, 3.63) is 53.6 Å². The number of rotatable bonds is 17.